The summed E-state index contributed by atoms with van der Waals surface area (Å²) in [6, 6.07) is 7.32. The van der Waals surface area contributed by atoms with Crippen LogP contribution in [0, 0.1) is 12.7 Å². The molecule has 2 saturated heterocycles. The molecule has 6 rings (SSSR count). The zero-order valence-electron chi connectivity index (χ0n) is 20.7. The lowest BCUT2D eigenvalue weighted by Crippen LogP contribution is -2.51. The Kier molecular flexibility index (Phi) is 5.85. The van der Waals surface area contributed by atoms with E-state index in [0.717, 1.165) is 31.0 Å². The van der Waals surface area contributed by atoms with E-state index in [0.29, 0.717) is 29.1 Å². The molecule has 4 aromatic rings. The van der Waals surface area contributed by atoms with Gasteiger partial charge in [0.05, 0.1) is 11.7 Å². The van der Waals surface area contributed by atoms with Gasteiger partial charge in [-0.25, -0.2) is 29.3 Å². The minimum absolute atomic E-state index is 0.182. The predicted octanol–water partition coefficient (Wildman–Crippen LogP) is 3.99. The fraction of sp³-hybridized carbons (Fsp3) is 0.423. The van der Waals surface area contributed by atoms with Crippen molar-refractivity contribution in [3.63, 3.8) is 0 Å². The van der Waals surface area contributed by atoms with E-state index in [4.69, 9.17) is 0 Å². The maximum atomic E-state index is 14.8. The van der Waals surface area contributed by atoms with Crippen molar-refractivity contribution < 1.29 is 4.39 Å². The number of imidazole rings is 1. The molecule has 10 heteroatoms. The molecule has 2 fully saturated rings. The second-order valence-corrected chi connectivity index (χ2v) is 9.97. The summed E-state index contributed by atoms with van der Waals surface area (Å²) in [6.07, 6.45) is 7.19. The maximum Gasteiger partial charge on any atom is 0.229 e. The summed E-state index contributed by atoms with van der Waals surface area (Å²) in [6.45, 7) is 9.15. The zero-order chi connectivity index (χ0) is 24.8. The number of anilines is 2. The van der Waals surface area contributed by atoms with Crippen molar-refractivity contribution in [1.82, 2.24) is 39.7 Å². The third-order valence-corrected chi connectivity index (χ3v) is 7.22. The zero-order valence-corrected chi connectivity index (χ0v) is 20.7. The Morgan fingerprint density at radius 1 is 1.06 bits per heavy atom. The van der Waals surface area contributed by atoms with E-state index in [1.165, 1.54) is 24.6 Å². The van der Waals surface area contributed by atoms with E-state index < -0.39 is 5.82 Å². The number of halogens is 1. The Morgan fingerprint density at radius 2 is 1.86 bits per heavy atom. The molecule has 2 aliphatic rings. The number of aryl methyl sites for hydroxylation is 1. The van der Waals surface area contributed by atoms with Crippen molar-refractivity contribution in [2.45, 2.75) is 58.3 Å². The molecule has 2 N–H and O–H groups in total. The van der Waals surface area contributed by atoms with Gasteiger partial charge in [0.2, 0.25) is 5.95 Å². The molecule has 2 atom stereocenters. The van der Waals surface area contributed by atoms with Crippen LogP contribution in [0.25, 0.3) is 22.4 Å². The Hall–Kier alpha value is -3.50. The van der Waals surface area contributed by atoms with Crippen LogP contribution in [0.4, 0.5) is 16.2 Å². The summed E-state index contributed by atoms with van der Waals surface area (Å²) in [5.74, 6) is 1.25. The van der Waals surface area contributed by atoms with Crippen LogP contribution in [0.1, 0.15) is 44.1 Å². The van der Waals surface area contributed by atoms with E-state index in [1.807, 2.05) is 25.3 Å². The van der Waals surface area contributed by atoms with E-state index in [-0.39, 0.29) is 17.7 Å². The molecule has 0 aromatic carbocycles. The summed E-state index contributed by atoms with van der Waals surface area (Å²) < 4.78 is 16.9. The van der Waals surface area contributed by atoms with Gasteiger partial charge in [0.25, 0.3) is 0 Å². The summed E-state index contributed by atoms with van der Waals surface area (Å²) in [7, 11) is 0. The lowest BCUT2D eigenvalue weighted by Gasteiger charge is -2.35. The fourth-order valence-corrected chi connectivity index (χ4v) is 5.55. The van der Waals surface area contributed by atoms with Crippen molar-refractivity contribution in [3.8, 4) is 11.3 Å². The molecule has 6 heterocycles. The van der Waals surface area contributed by atoms with Crippen LogP contribution in [-0.2, 0) is 6.54 Å². The minimum Gasteiger partial charge on any atom is -0.324 e. The lowest BCUT2D eigenvalue weighted by molar-refractivity contribution is 0.145. The third-order valence-electron chi connectivity index (χ3n) is 7.22. The average molecular weight is 488 g/mol. The second-order valence-electron chi connectivity index (χ2n) is 9.97. The van der Waals surface area contributed by atoms with Crippen LogP contribution < -0.4 is 10.6 Å². The third kappa shape index (κ3) is 4.20. The van der Waals surface area contributed by atoms with Crippen molar-refractivity contribution >= 4 is 22.9 Å². The number of rotatable bonds is 6. The van der Waals surface area contributed by atoms with Gasteiger partial charge in [0.15, 0.2) is 11.5 Å². The molecular weight excluding hydrogens is 457 g/mol. The highest BCUT2D eigenvalue weighted by Crippen LogP contribution is 2.29. The van der Waals surface area contributed by atoms with Gasteiger partial charge < -0.3 is 15.2 Å². The number of nitrogens with zero attached hydrogens (tertiary/aromatic N) is 7. The summed E-state index contributed by atoms with van der Waals surface area (Å²) in [4.78, 5) is 24.7. The van der Waals surface area contributed by atoms with Gasteiger partial charge in [-0.15, -0.1) is 0 Å². The van der Waals surface area contributed by atoms with Crippen molar-refractivity contribution in [2.75, 3.05) is 18.4 Å². The van der Waals surface area contributed by atoms with E-state index >= 15 is 0 Å². The molecule has 2 unspecified atom stereocenters. The van der Waals surface area contributed by atoms with Gasteiger partial charge in [0, 0.05) is 55.7 Å². The molecule has 0 aliphatic carbocycles. The first-order chi connectivity index (χ1) is 17.5. The number of aromatic nitrogens is 6. The number of fused-ring (bicyclic) bond motifs is 3. The van der Waals surface area contributed by atoms with Crippen LogP contribution in [-0.4, -0.2) is 59.6 Å². The number of hydrogen-bond donors (Lipinski definition) is 2. The molecule has 9 nitrogen and oxygen atoms in total. The van der Waals surface area contributed by atoms with Gasteiger partial charge in [-0.2, -0.15) is 0 Å². The topological polar surface area (TPSA) is 96.7 Å². The number of hydrogen-bond acceptors (Lipinski definition) is 8. The molecule has 0 radical (unpaired) electrons. The Bertz CT molecular complexity index is 1380. The van der Waals surface area contributed by atoms with Crippen LogP contribution >= 0.6 is 0 Å². The first-order valence-corrected chi connectivity index (χ1v) is 12.5. The van der Waals surface area contributed by atoms with Crippen LogP contribution in [0.15, 0.2) is 36.8 Å². The quantitative estimate of drug-likeness (QED) is 0.421. The Labute approximate surface area is 209 Å². The van der Waals surface area contributed by atoms with Crippen molar-refractivity contribution in [3.05, 3.63) is 54.0 Å². The number of nitrogens with one attached hydrogen (secondary N) is 2. The Morgan fingerprint density at radius 3 is 2.58 bits per heavy atom. The highest BCUT2D eigenvalue weighted by Gasteiger charge is 2.36. The normalized spacial score (nSPS) is 19.9. The SMILES string of the molecule is Cc1nc2ncc(-c3nc(Nc4ccc(CN5C6CCC5CNC6)cn4)ncc3F)cc2n1C(C)C. The van der Waals surface area contributed by atoms with Gasteiger partial charge in [-0.3, -0.25) is 4.90 Å². The first-order valence-electron chi connectivity index (χ1n) is 12.5. The number of pyridine rings is 2. The highest BCUT2D eigenvalue weighted by molar-refractivity contribution is 5.78. The molecule has 36 heavy (non-hydrogen) atoms. The minimum atomic E-state index is -0.511. The lowest BCUT2D eigenvalue weighted by atomic mass is 10.1. The standard InChI is InChI=1S/C26H30FN9/c1-15(2)36-16(3)32-25-22(36)8-18(10-30-25)24-21(27)13-31-26(34-24)33-23-7-4-17(9-29-23)14-35-19-5-6-20(35)12-28-11-19/h4,7-10,13,15,19-20,28H,5-6,11-12,14H2,1-3H3,(H,29,31,33,34). The smallest absolute Gasteiger partial charge is 0.229 e. The van der Waals surface area contributed by atoms with Crippen molar-refractivity contribution in [1.29, 1.82) is 0 Å². The monoisotopic (exact) mass is 487 g/mol. The molecule has 4 aromatic heterocycles. The second kappa shape index (κ2) is 9.18. The summed E-state index contributed by atoms with van der Waals surface area (Å²) >= 11 is 0. The molecule has 0 amide bonds. The summed E-state index contributed by atoms with van der Waals surface area (Å²) in [5, 5.41) is 6.63. The van der Waals surface area contributed by atoms with Crippen molar-refractivity contribution in [2.24, 2.45) is 0 Å². The maximum absolute atomic E-state index is 14.8. The van der Waals surface area contributed by atoms with E-state index in [9.17, 15) is 4.39 Å². The van der Waals surface area contributed by atoms with Gasteiger partial charge in [0.1, 0.15) is 17.3 Å². The van der Waals surface area contributed by atoms with E-state index in [1.54, 1.807) is 6.20 Å². The van der Waals surface area contributed by atoms with Crippen LogP contribution in [0.2, 0.25) is 0 Å². The van der Waals surface area contributed by atoms with Crippen LogP contribution in [0.3, 0.4) is 0 Å². The molecule has 2 aliphatic heterocycles. The van der Waals surface area contributed by atoms with E-state index in [2.05, 4.69) is 64.9 Å². The molecule has 2 bridgehead atoms. The predicted molar refractivity (Wildman–Crippen MR) is 136 cm³/mol. The Balaban J connectivity index is 1.22. The number of piperazine rings is 1. The molecular formula is C26H30FN9. The molecule has 186 valence electrons. The highest BCUT2D eigenvalue weighted by atomic mass is 19.1. The molecule has 0 saturated carbocycles. The average Bonchev–Trinajstić information content (AvgIpc) is 3.29. The molecule has 0 spiro atoms. The largest absolute Gasteiger partial charge is 0.324 e. The van der Waals surface area contributed by atoms with Crippen LogP contribution in [0.5, 0.6) is 0 Å². The van der Waals surface area contributed by atoms with Gasteiger partial charge in [-0.1, -0.05) is 6.07 Å². The fourth-order valence-electron chi connectivity index (χ4n) is 5.55. The first kappa shape index (κ1) is 22.9. The van der Waals surface area contributed by atoms with Gasteiger partial charge >= 0.3 is 0 Å². The van der Waals surface area contributed by atoms with Gasteiger partial charge in [-0.05, 0) is 51.3 Å². The summed E-state index contributed by atoms with van der Waals surface area (Å²) in [5.41, 5.74) is 3.41.